The number of benzene rings is 1. The van der Waals surface area contributed by atoms with Gasteiger partial charge in [0, 0.05) is 0 Å². The zero-order chi connectivity index (χ0) is 13.7. The molecule has 4 heteroatoms. The van der Waals surface area contributed by atoms with Crippen LogP contribution in [0.3, 0.4) is 0 Å². The number of furan rings is 1. The van der Waals surface area contributed by atoms with Crippen molar-refractivity contribution < 1.29 is 13.9 Å². The fraction of sp³-hybridized carbons (Fsp3) is 0.333. The average Bonchev–Trinajstić information content (AvgIpc) is 2.98. The number of ether oxygens (including phenoxy) is 2. The van der Waals surface area contributed by atoms with Gasteiger partial charge in [0.1, 0.15) is 17.3 Å². The number of rotatable bonds is 6. The van der Waals surface area contributed by atoms with Crippen LogP contribution in [0.4, 0.5) is 0 Å². The van der Waals surface area contributed by atoms with Crippen LogP contribution < -0.4 is 14.8 Å². The molecule has 0 aliphatic heterocycles. The van der Waals surface area contributed by atoms with Crippen molar-refractivity contribution in [3.05, 3.63) is 47.9 Å². The van der Waals surface area contributed by atoms with E-state index in [1.54, 1.807) is 20.5 Å². The van der Waals surface area contributed by atoms with Crippen molar-refractivity contribution in [2.24, 2.45) is 0 Å². The quantitative estimate of drug-likeness (QED) is 0.868. The molecule has 0 radical (unpaired) electrons. The maximum absolute atomic E-state index is 5.53. The molecular weight excluding hydrogens is 242 g/mol. The molecule has 1 aromatic carbocycles. The molecule has 1 atom stereocenters. The lowest BCUT2D eigenvalue weighted by atomic mass is 10.0. The lowest BCUT2D eigenvalue weighted by Gasteiger charge is -2.21. The van der Waals surface area contributed by atoms with Crippen LogP contribution >= 0.6 is 0 Å². The molecule has 1 unspecified atom stereocenters. The summed E-state index contributed by atoms with van der Waals surface area (Å²) in [5.74, 6) is 2.40. The summed E-state index contributed by atoms with van der Waals surface area (Å²) in [6.45, 7) is 2.87. The van der Waals surface area contributed by atoms with Crippen molar-refractivity contribution in [1.29, 1.82) is 0 Å². The molecule has 1 aromatic heterocycles. The van der Waals surface area contributed by atoms with E-state index in [1.807, 2.05) is 30.3 Å². The zero-order valence-corrected chi connectivity index (χ0v) is 11.5. The predicted octanol–water partition coefficient (Wildman–Crippen LogP) is 3.00. The summed E-state index contributed by atoms with van der Waals surface area (Å²) >= 11 is 0. The van der Waals surface area contributed by atoms with Crippen LogP contribution in [-0.4, -0.2) is 20.8 Å². The van der Waals surface area contributed by atoms with Gasteiger partial charge in [-0.15, -0.1) is 0 Å². The molecule has 0 spiro atoms. The Labute approximate surface area is 113 Å². The first-order valence-corrected chi connectivity index (χ1v) is 6.29. The Kier molecular flexibility index (Phi) is 4.47. The van der Waals surface area contributed by atoms with Crippen molar-refractivity contribution in [3.8, 4) is 11.5 Å². The largest absolute Gasteiger partial charge is 0.496 e. The van der Waals surface area contributed by atoms with Crippen molar-refractivity contribution >= 4 is 0 Å². The highest BCUT2D eigenvalue weighted by Crippen LogP contribution is 2.37. The number of hydrogen-bond acceptors (Lipinski definition) is 4. The van der Waals surface area contributed by atoms with Gasteiger partial charge in [0.2, 0.25) is 0 Å². The van der Waals surface area contributed by atoms with E-state index in [1.165, 1.54) is 0 Å². The van der Waals surface area contributed by atoms with E-state index >= 15 is 0 Å². The average molecular weight is 261 g/mol. The molecule has 0 aliphatic rings. The molecule has 0 saturated carbocycles. The smallest absolute Gasteiger partial charge is 0.127 e. The molecule has 1 heterocycles. The van der Waals surface area contributed by atoms with E-state index in [2.05, 4.69) is 12.2 Å². The molecule has 19 heavy (non-hydrogen) atoms. The summed E-state index contributed by atoms with van der Waals surface area (Å²) in [4.78, 5) is 0. The fourth-order valence-corrected chi connectivity index (χ4v) is 2.17. The lowest BCUT2D eigenvalue weighted by Crippen LogP contribution is -2.22. The SMILES string of the molecule is CCNC(c1ccco1)c1c(OC)cccc1OC. The molecule has 2 aromatic rings. The predicted molar refractivity (Wildman–Crippen MR) is 73.8 cm³/mol. The Morgan fingerprint density at radius 2 is 1.79 bits per heavy atom. The third-order valence-electron chi connectivity index (χ3n) is 2.99. The van der Waals surface area contributed by atoms with Gasteiger partial charge in [0.05, 0.1) is 32.1 Å². The number of nitrogens with one attached hydrogen (secondary N) is 1. The van der Waals surface area contributed by atoms with E-state index in [4.69, 9.17) is 13.9 Å². The van der Waals surface area contributed by atoms with Crippen LogP contribution in [0.25, 0.3) is 0 Å². The molecule has 102 valence electrons. The summed E-state index contributed by atoms with van der Waals surface area (Å²) in [6.07, 6.45) is 1.67. The third kappa shape index (κ3) is 2.74. The Morgan fingerprint density at radius 3 is 2.26 bits per heavy atom. The van der Waals surface area contributed by atoms with Gasteiger partial charge in [-0.25, -0.2) is 0 Å². The van der Waals surface area contributed by atoms with E-state index in [9.17, 15) is 0 Å². The first-order valence-electron chi connectivity index (χ1n) is 6.29. The molecule has 0 saturated heterocycles. The van der Waals surface area contributed by atoms with E-state index < -0.39 is 0 Å². The van der Waals surface area contributed by atoms with Crippen LogP contribution in [0.5, 0.6) is 11.5 Å². The van der Waals surface area contributed by atoms with E-state index in [-0.39, 0.29) is 6.04 Å². The van der Waals surface area contributed by atoms with Gasteiger partial charge in [-0.3, -0.25) is 0 Å². The number of methoxy groups -OCH3 is 2. The maximum Gasteiger partial charge on any atom is 0.127 e. The lowest BCUT2D eigenvalue weighted by molar-refractivity contribution is 0.366. The highest BCUT2D eigenvalue weighted by atomic mass is 16.5. The van der Waals surface area contributed by atoms with Gasteiger partial charge in [-0.05, 0) is 30.8 Å². The van der Waals surface area contributed by atoms with Crippen molar-refractivity contribution in [1.82, 2.24) is 5.32 Å². The summed E-state index contributed by atoms with van der Waals surface area (Å²) in [5, 5.41) is 3.40. The Morgan fingerprint density at radius 1 is 1.11 bits per heavy atom. The van der Waals surface area contributed by atoms with Gasteiger partial charge in [-0.2, -0.15) is 0 Å². The van der Waals surface area contributed by atoms with Gasteiger partial charge in [-0.1, -0.05) is 13.0 Å². The molecule has 1 N–H and O–H groups in total. The minimum atomic E-state index is -0.0916. The van der Waals surface area contributed by atoms with E-state index in [0.717, 1.165) is 29.4 Å². The van der Waals surface area contributed by atoms with Crippen LogP contribution in [0, 0.1) is 0 Å². The van der Waals surface area contributed by atoms with Crippen LogP contribution in [0.2, 0.25) is 0 Å². The first-order chi connectivity index (χ1) is 9.31. The summed E-state index contributed by atoms with van der Waals surface area (Å²) in [7, 11) is 3.31. The summed E-state index contributed by atoms with van der Waals surface area (Å²) in [5.41, 5.74) is 0.948. The maximum atomic E-state index is 5.53. The highest BCUT2D eigenvalue weighted by Gasteiger charge is 2.23. The summed E-state index contributed by atoms with van der Waals surface area (Å²) in [6, 6.07) is 9.48. The Hall–Kier alpha value is -1.94. The molecular formula is C15H19NO3. The van der Waals surface area contributed by atoms with Crippen molar-refractivity contribution in [2.45, 2.75) is 13.0 Å². The summed E-state index contributed by atoms with van der Waals surface area (Å²) < 4.78 is 16.4. The second kappa shape index (κ2) is 6.29. The molecule has 4 nitrogen and oxygen atoms in total. The Bertz CT molecular complexity index is 486. The normalized spacial score (nSPS) is 12.2. The van der Waals surface area contributed by atoms with Crippen LogP contribution in [0.1, 0.15) is 24.3 Å². The monoisotopic (exact) mass is 261 g/mol. The van der Waals surface area contributed by atoms with Gasteiger partial charge < -0.3 is 19.2 Å². The standard InChI is InChI=1S/C15H19NO3/c1-4-16-15(13-9-6-10-19-13)14-11(17-2)7-5-8-12(14)18-3/h5-10,15-16H,4H2,1-3H3. The fourth-order valence-electron chi connectivity index (χ4n) is 2.17. The minimum absolute atomic E-state index is 0.0916. The third-order valence-corrected chi connectivity index (χ3v) is 2.99. The zero-order valence-electron chi connectivity index (χ0n) is 11.5. The van der Waals surface area contributed by atoms with E-state index in [0.29, 0.717) is 0 Å². The van der Waals surface area contributed by atoms with Gasteiger partial charge in [0.25, 0.3) is 0 Å². The Balaban J connectivity index is 2.52. The second-order valence-corrected chi connectivity index (χ2v) is 4.08. The topological polar surface area (TPSA) is 43.6 Å². The molecule has 0 fully saturated rings. The minimum Gasteiger partial charge on any atom is -0.496 e. The van der Waals surface area contributed by atoms with Crippen molar-refractivity contribution in [3.63, 3.8) is 0 Å². The molecule has 0 amide bonds. The highest BCUT2D eigenvalue weighted by molar-refractivity contribution is 5.49. The van der Waals surface area contributed by atoms with Gasteiger partial charge in [0.15, 0.2) is 0 Å². The second-order valence-electron chi connectivity index (χ2n) is 4.08. The number of hydrogen-bond donors (Lipinski definition) is 1. The van der Waals surface area contributed by atoms with Gasteiger partial charge >= 0.3 is 0 Å². The van der Waals surface area contributed by atoms with Crippen LogP contribution in [-0.2, 0) is 0 Å². The first kappa shape index (κ1) is 13.5. The molecule has 0 bridgehead atoms. The molecule has 0 aliphatic carbocycles. The van der Waals surface area contributed by atoms with Crippen LogP contribution in [0.15, 0.2) is 41.0 Å². The molecule has 2 rings (SSSR count). The van der Waals surface area contributed by atoms with Crippen molar-refractivity contribution in [2.75, 3.05) is 20.8 Å².